The van der Waals surface area contributed by atoms with Crippen LogP contribution in [-0.4, -0.2) is 33.2 Å². The first-order valence-corrected chi connectivity index (χ1v) is 11.2. The summed E-state index contributed by atoms with van der Waals surface area (Å²) in [7, 11) is -3.11. The Morgan fingerprint density at radius 2 is 1.31 bits per heavy atom. The lowest BCUT2D eigenvalue weighted by Crippen LogP contribution is -2.63. The fourth-order valence-corrected chi connectivity index (χ4v) is 6.09. The Labute approximate surface area is 171 Å². The molecule has 0 aliphatic carbocycles. The molecule has 6 heteroatoms. The molecule has 0 saturated carbocycles. The van der Waals surface area contributed by atoms with Crippen LogP contribution in [0.5, 0.6) is 0 Å². The molecule has 0 N–H and O–H groups in total. The van der Waals surface area contributed by atoms with Gasteiger partial charge in [0.15, 0.2) is 0 Å². The summed E-state index contributed by atoms with van der Waals surface area (Å²) in [5, 5.41) is 12.7. The largest absolute Gasteiger partial charge is 0.407 e. The van der Waals surface area contributed by atoms with Crippen molar-refractivity contribution in [3.63, 3.8) is 0 Å². The molecule has 29 heavy (non-hydrogen) atoms. The van der Waals surface area contributed by atoms with Gasteiger partial charge in [-0.1, -0.05) is 103 Å². The van der Waals surface area contributed by atoms with Crippen LogP contribution in [0.15, 0.2) is 97.1 Å². The summed E-state index contributed by atoms with van der Waals surface area (Å²) in [4.78, 5) is 10.5. The van der Waals surface area contributed by atoms with E-state index in [0.717, 1.165) is 15.9 Å². The van der Waals surface area contributed by atoms with E-state index < -0.39 is 8.56 Å². The standard InChI is InChI=1S/C23H23NO4Si/c25-24(26)18-20-28-29(22-14-6-2-7-15-22,23-16-8-3-9-17-23)27-19-10-13-21-11-4-1-5-12-21/h1-17H,18-20H2/b13-10+. The van der Waals surface area contributed by atoms with Gasteiger partial charge in [0.25, 0.3) is 0 Å². The molecule has 0 saturated heterocycles. The molecule has 3 aromatic rings. The molecular formula is C23H23NO4Si. The van der Waals surface area contributed by atoms with Crippen LogP contribution in [0.4, 0.5) is 0 Å². The van der Waals surface area contributed by atoms with E-state index in [-0.39, 0.29) is 18.1 Å². The van der Waals surface area contributed by atoms with Crippen molar-refractivity contribution in [2.75, 3.05) is 19.8 Å². The molecule has 3 rings (SSSR count). The van der Waals surface area contributed by atoms with Gasteiger partial charge in [-0.3, -0.25) is 10.1 Å². The molecule has 0 radical (unpaired) electrons. The number of hydrogen-bond acceptors (Lipinski definition) is 4. The van der Waals surface area contributed by atoms with Gasteiger partial charge in [0, 0.05) is 4.92 Å². The second kappa shape index (κ2) is 10.5. The van der Waals surface area contributed by atoms with Crippen molar-refractivity contribution in [3.05, 3.63) is 113 Å². The Morgan fingerprint density at radius 3 is 1.83 bits per heavy atom. The zero-order valence-electron chi connectivity index (χ0n) is 16.0. The van der Waals surface area contributed by atoms with Gasteiger partial charge in [-0.05, 0) is 15.9 Å². The van der Waals surface area contributed by atoms with E-state index in [1.165, 1.54) is 0 Å². The third-order valence-electron chi connectivity index (χ3n) is 4.38. The van der Waals surface area contributed by atoms with Gasteiger partial charge in [-0.25, -0.2) is 0 Å². The van der Waals surface area contributed by atoms with Crippen LogP contribution in [0.1, 0.15) is 5.56 Å². The summed E-state index contributed by atoms with van der Waals surface area (Å²) >= 11 is 0. The number of benzene rings is 3. The fourth-order valence-electron chi connectivity index (χ4n) is 3.03. The molecule has 0 aliphatic rings. The molecule has 0 spiro atoms. The molecule has 0 amide bonds. The quantitative estimate of drug-likeness (QED) is 0.295. The third-order valence-corrected chi connectivity index (χ3v) is 7.75. The second-order valence-corrected chi connectivity index (χ2v) is 9.34. The molecule has 148 valence electrons. The van der Waals surface area contributed by atoms with Crippen molar-refractivity contribution in [3.8, 4) is 0 Å². The van der Waals surface area contributed by atoms with E-state index in [1.54, 1.807) is 0 Å². The summed E-state index contributed by atoms with van der Waals surface area (Å²) in [5.74, 6) is 0. The molecular weight excluding hydrogens is 382 g/mol. The van der Waals surface area contributed by atoms with Crippen LogP contribution in [0.25, 0.3) is 6.08 Å². The molecule has 0 atom stereocenters. The van der Waals surface area contributed by atoms with E-state index in [4.69, 9.17) is 8.85 Å². The van der Waals surface area contributed by atoms with Crippen LogP contribution in [0, 0.1) is 10.1 Å². The minimum atomic E-state index is -3.11. The fraction of sp³-hybridized carbons (Fsp3) is 0.130. The van der Waals surface area contributed by atoms with E-state index in [0.29, 0.717) is 6.61 Å². The maximum Gasteiger partial charge on any atom is 0.407 e. The van der Waals surface area contributed by atoms with Crippen molar-refractivity contribution in [2.45, 2.75) is 0 Å². The summed E-state index contributed by atoms with van der Waals surface area (Å²) in [5.41, 5.74) is 1.08. The van der Waals surface area contributed by atoms with Gasteiger partial charge >= 0.3 is 8.56 Å². The van der Waals surface area contributed by atoms with Crippen LogP contribution >= 0.6 is 0 Å². The predicted molar refractivity (Wildman–Crippen MR) is 117 cm³/mol. The minimum absolute atomic E-state index is 0.00852. The predicted octanol–water partition coefficient (Wildman–Crippen LogP) is 3.27. The first-order chi connectivity index (χ1) is 14.2. The van der Waals surface area contributed by atoms with E-state index >= 15 is 0 Å². The zero-order valence-corrected chi connectivity index (χ0v) is 17.0. The zero-order chi connectivity index (χ0) is 20.4. The van der Waals surface area contributed by atoms with E-state index in [2.05, 4.69) is 0 Å². The van der Waals surface area contributed by atoms with E-state index in [1.807, 2.05) is 103 Å². The normalized spacial score (nSPS) is 11.6. The highest BCUT2D eigenvalue weighted by Crippen LogP contribution is 2.11. The number of nitro groups is 1. The first-order valence-electron chi connectivity index (χ1n) is 9.43. The van der Waals surface area contributed by atoms with Crippen LogP contribution in [0.3, 0.4) is 0 Å². The summed E-state index contributed by atoms with van der Waals surface area (Å²) in [6.45, 7) is 0.0619. The van der Waals surface area contributed by atoms with Crippen LogP contribution in [-0.2, 0) is 8.85 Å². The molecule has 3 aromatic carbocycles. The maximum atomic E-state index is 10.9. The SMILES string of the molecule is O=[N+]([O-])CCO[Si](OC/C=C/c1ccccc1)(c1ccccc1)c1ccccc1. The molecule has 0 unspecified atom stereocenters. The average Bonchev–Trinajstić information content (AvgIpc) is 2.77. The highest BCUT2D eigenvalue weighted by atomic mass is 28.4. The lowest BCUT2D eigenvalue weighted by atomic mass is 10.2. The Bertz CT molecular complexity index is 878. The average molecular weight is 406 g/mol. The first kappa shape index (κ1) is 20.7. The van der Waals surface area contributed by atoms with Crippen LogP contribution < -0.4 is 10.4 Å². The van der Waals surface area contributed by atoms with Gasteiger partial charge in [0.05, 0.1) is 6.61 Å². The van der Waals surface area contributed by atoms with Crippen molar-refractivity contribution >= 4 is 25.0 Å². The minimum Gasteiger partial charge on any atom is -0.384 e. The number of hydrogen-bond donors (Lipinski definition) is 0. The van der Waals surface area contributed by atoms with Crippen molar-refractivity contribution in [1.29, 1.82) is 0 Å². The van der Waals surface area contributed by atoms with Gasteiger partial charge in [0.2, 0.25) is 6.54 Å². The van der Waals surface area contributed by atoms with Crippen molar-refractivity contribution in [1.82, 2.24) is 0 Å². The van der Waals surface area contributed by atoms with E-state index in [9.17, 15) is 10.1 Å². The molecule has 0 fully saturated rings. The third kappa shape index (κ3) is 5.71. The van der Waals surface area contributed by atoms with Crippen molar-refractivity contribution in [2.24, 2.45) is 0 Å². The molecule has 0 aliphatic heterocycles. The Balaban J connectivity index is 1.89. The lowest BCUT2D eigenvalue weighted by Gasteiger charge is -2.30. The monoisotopic (exact) mass is 405 g/mol. The van der Waals surface area contributed by atoms with Gasteiger partial charge in [-0.2, -0.15) is 0 Å². The Kier molecular flexibility index (Phi) is 7.46. The molecule has 0 bridgehead atoms. The van der Waals surface area contributed by atoms with Gasteiger partial charge in [-0.15, -0.1) is 0 Å². The lowest BCUT2D eigenvalue weighted by molar-refractivity contribution is -0.482. The molecule has 5 nitrogen and oxygen atoms in total. The highest BCUT2D eigenvalue weighted by Gasteiger charge is 2.42. The Hall–Kier alpha value is -3.06. The van der Waals surface area contributed by atoms with Crippen LogP contribution in [0.2, 0.25) is 0 Å². The molecule has 0 heterocycles. The molecule has 0 aromatic heterocycles. The summed E-state index contributed by atoms with van der Waals surface area (Å²) < 4.78 is 12.6. The van der Waals surface area contributed by atoms with Crippen molar-refractivity contribution < 1.29 is 13.8 Å². The summed E-state index contributed by atoms with van der Waals surface area (Å²) in [6, 6.07) is 29.4. The van der Waals surface area contributed by atoms with Gasteiger partial charge in [0.1, 0.15) is 6.61 Å². The smallest absolute Gasteiger partial charge is 0.384 e. The van der Waals surface area contributed by atoms with Gasteiger partial charge < -0.3 is 8.85 Å². The maximum absolute atomic E-state index is 10.9. The topological polar surface area (TPSA) is 61.6 Å². The Morgan fingerprint density at radius 1 is 0.793 bits per heavy atom. The highest BCUT2D eigenvalue weighted by molar-refractivity contribution is 6.92. The number of rotatable bonds is 10. The second-order valence-electron chi connectivity index (χ2n) is 6.38. The number of nitrogens with zero attached hydrogens (tertiary/aromatic N) is 1. The summed E-state index contributed by atoms with van der Waals surface area (Å²) in [6.07, 6.45) is 3.94.